The van der Waals surface area contributed by atoms with Crippen LogP contribution in [0.25, 0.3) is 10.9 Å². The number of anilines is 1. The molecule has 2 N–H and O–H groups in total. The van der Waals surface area contributed by atoms with E-state index in [1.54, 1.807) is 31.2 Å². The van der Waals surface area contributed by atoms with Crippen molar-refractivity contribution in [1.29, 1.82) is 0 Å². The average Bonchev–Trinajstić information content (AvgIpc) is 2.77. The minimum Gasteiger partial charge on any atom is -0.335 e. The number of rotatable bonds is 5. The molecule has 0 bridgehead atoms. The number of thioether (sulfide) groups is 1. The number of carbonyl (C=O) groups excluding carboxylic acids is 2. The number of nitrogens with zero attached hydrogens (tertiary/aromatic N) is 2. The molecule has 1 atom stereocenters. The summed E-state index contributed by atoms with van der Waals surface area (Å²) in [4.78, 5) is 46.6. The molecule has 2 aromatic carbocycles. The highest BCUT2D eigenvalue weighted by Gasteiger charge is 2.34. The standard InChI is InChI=1S/C22H19F3N4O3S/c1-2-29(11-18-26-14-6-4-3-5-13(14)20(31)28-18)19(30)10-17-21(32)27-15-9-12(22(23,24)25)7-8-16(15)33-17/h3-9,17H,2,10-11H2,1H3,(H,27,32)(H,26,28,31)/t17-/m0/s1. The number of hydrogen-bond donors (Lipinski definition) is 2. The van der Waals surface area contributed by atoms with Crippen molar-refractivity contribution in [1.82, 2.24) is 14.9 Å². The van der Waals surface area contributed by atoms with Gasteiger partial charge in [0.2, 0.25) is 11.8 Å². The van der Waals surface area contributed by atoms with Crippen LogP contribution in [0.5, 0.6) is 0 Å². The Morgan fingerprint density at radius 1 is 1.18 bits per heavy atom. The van der Waals surface area contributed by atoms with Crippen molar-refractivity contribution >= 4 is 40.2 Å². The largest absolute Gasteiger partial charge is 0.416 e. The number of carbonyl (C=O) groups is 2. The SMILES string of the molecule is CCN(Cc1nc2ccccc2c(=O)[nH]1)C(=O)C[C@@H]1Sc2ccc(C(F)(F)F)cc2NC1=O. The third-order valence-electron chi connectivity index (χ3n) is 5.22. The lowest BCUT2D eigenvalue weighted by Gasteiger charge is -2.27. The summed E-state index contributed by atoms with van der Waals surface area (Å²) in [6.07, 6.45) is -4.67. The van der Waals surface area contributed by atoms with Crippen molar-refractivity contribution in [3.05, 3.63) is 64.2 Å². The highest BCUT2D eigenvalue weighted by Crippen LogP contribution is 2.40. The number of benzene rings is 2. The summed E-state index contributed by atoms with van der Waals surface area (Å²) < 4.78 is 38.8. The Morgan fingerprint density at radius 2 is 1.94 bits per heavy atom. The second-order valence-electron chi connectivity index (χ2n) is 7.45. The van der Waals surface area contributed by atoms with Crippen LogP contribution in [-0.2, 0) is 22.3 Å². The Bertz CT molecular complexity index is 1290. The van der Waals surface area contributed by atoms with Crippen molar-refractivity contribution in [2.24, 2.45) is 0 Å². The number of aromatic nitrogens is 2. The summed E-state index contributed by atoms with van der Waals surface area (Å²) in [6.45, 7) is 2.14. The quantitative estimate of drug-likeness (QED) is 0.584. The van der Waals surface area contributed by atoms with Gasteiger partial charge in [-0.3, -0.25) is 14.4 Å². The molecule has 1 aliphatic rings. The molecule has 3 aromatic rings. The zero-order valence-electron chi connectivity index (χ0n) is 17.4. The number of H-pyrrole nitrogens is 1. The number of alkyl halides is 3. The van der Waals surface area contributed by atoms with Gasteiger partial charge in [0.05, 0.1) is 33.9 Å². The van der Waals surface area contributed by atoms with Gasteiger partial charge in [0.25, 0.3) is 5.56 Å². The van der Waals surface area contributed by atoms with E-state index in [2.05, 4.69) is 15.3 Å². The van der Waals surface area contributed by atoms with Gasteiger partial charge < -0.3 is 15.2 Å². The lowest BCUT2D eigenvalue weighted by Crippen LogP contribution is -2.37. The van der Waals surface area contributed by atoms with Gasteiger partial charge in [0.1, 0.15) is 5.82 Å². The average molecular weight is 476 g/mol. The molecule has 2 heterocycles. The van der Waals surface area contributed by atoms with Gasteiger partial charge in [0.15, 0.2) is 0 Å². The monoisotopic (exact) mass is 476 g/mol. The predicted molar refractivity (Wildman–Crippen MR) is 118 cm³/mol. The molecule has 2 amide bonds. The first-order valence-electron chi connectivity index (χ1n) is 10.1. The number of nitrogens with one attached hydrogen (secondary N) is 2. The number of amides is 2. The molecular formula is C22H19F3N4O3S. The smallest absolute Gasteiger partial charge is 0.335 e. The molecule has 33 heavy (non-hydrogen) atoms. The van der Waals surface area contributed by atoms with E-state index in [4.69, 9.17) is 0 Å². The molecule has 1 aliphatic heterocycles. The maximum absolute atomic E-state index is 12.9. The lowest BCUT2D eigenvalue weighted by atomic mass is 10.1. The second-order valence-corrected chi connectivity index (χ2v) is 8.69. The van der Waals surface area contributed by atoms with Gasteiger partial charge in [-0.25, -0.2) is 4.98 Å². The number of fused-ring (bicyclic) bond motifs is 2. The molecule has 1 aromatic heterocycles. The van der Waals surface area contributed by atoms with Gasteiger partial charge in [-0.15, -0.1) is 11.8 Å². The maximum atomic E-state index is 12.9. The van der Waals surface area contributed by atoms with E-state index in [1.165, 1.54) is 11.0 Å². The summed E-state index contributed by atoms with van der Waals surface area (Å²) in [5.74, 6) is -0.551. The molecule has 4 rings (SSSR count). The van der Waals surface area contributed by atoms with Crippen molar-refractivity contribution in [2.75, 3.05) is 11.9 Å². The van der Waals surface area contributed by atoms with E-state index in [1.807, 2.05) is 0 Å². The minimum absolute atomic E-state index is 0.0555. The van der Waals surface area contributed by atoms with E-state index >= 15 is 0 Å². The summed E-state index contributed by atoms with van der Waals surface area (Å²) in [7, 11) is 0. The number of para-hydroxylation sites is 1. The fourth-order valence-corrected chi connectivity index (χ4v) is 4.60. The van der Waals surface area contributed by atoms with E-state index < -0.39 is 22.9 Å². The minimum atomic E-state index is -4.52. The number of hydrogen-bond acceptors (Lipinski definition) is 5. The Morgan fingerprint density at radius 3 is 2.67 bits per heavy atom. The van der Waals surface area contributed by atoms with E-state index in [0.29, 0.717) is 28.2 Å². The Kier molecular flexibility index (Phi) is 6.15. The van der Waals surface area contributed by atoms with Crippen LogP contribution in [0.1, 0.15) is 24.7 Å². The highest BCUT2D eigenvalue weighted by molar-refractivity contribution is 8.01. The molecule has 0 radical (unpaired) electrons. The predicted octanol–water partition coefficient (Wildman–Crippen LogP) is 3.79. The molecule has 172 valence electrons. The fraction of sp³-hybridized carbons (Fsp3) is 0.273. The molecular weight excluding hydrogens is 457 g/mol. The normalized spacial score (nSPS) is 15.8. The van der Waals surface area contributed by atoms with Crippen molar-refractivity contribution in [2.45, 2.75) is 36.2 Å². The second kappa shape index (κ2) is 8.89. The molecule has 0 saturated heterocycles. The fourth-order valence-electron chi connectivity index (χ4n) is 3.52. The number of halogens is 3. The van der Waals surface area contributed by atoms with Crippen molar-refractivity contribution in [3.8, 4) is 0 Å². The van der Waals surface area contributed by atoms with Crippen LogP contribution in [0.3, 0.4) is 0 Å². The third-order valence-corrected chi connectivity index (χ3v) is 6.50. The van der Waals surface area contributed by atoms with Gasteiger partial charge >= 0.3 is 6.18 Å². The first-order chi connectivity index (χ1) is 15.7. The first kappa shape index (κ1) is 22.8. The van der Waals surface area contributed by atoms with Crippen LogP contribution >= 0.6 is 11.8 Å². The topological polar surface area (TPSA) is 95.2 Å². The van der Waals surface area contributed by atoms with Crippen molar-refractivity contribution in [3.63, 3.8) is 0 Å². The molecule has 0 aliphatic carbocycles. The molecule has 0 unspecified atom stereocenters. The summed E-state index contributed by atoms with van der Waals surface area (Å²) in [6, 6.07) is 9.98. The molecule has 0 saturated carbocycles. The summed E-state index contributed by atoms with van der Waals surface area (Å²) in [5.41, 5.74) is -0.576. The third kappa shape index (κ3) is 4.87. The van der Waals surface area contributed by atoms with Crippen LogP contribution in [0, 0.1) is 0 Å². The van der Waals surface area contributed by atoms with Crippen LogP contribution in [0.15, 0.2) is 52.2 Å². The lowest BCUT2D eigenvalue weighted by molar-refractivity contribution is -0.137. The van der Waals surface area contributed by atoms with E-state index in [0.717, 1.165) is 23.9 Å². The Hall–Kier alpha value is -3.34. The number of aromatic amines is 1. The van der Waals surface area contributed by atoms with E-state index in [-0.39, 0.29) is 30.1 Å². The summed E-state index contributed by atoms with van der Waals surface area (Å²) >= 11 is 1.05. The van der Waals surface area contributed by atoms with Gasteiger partial charge in [-0.1, -0.05) is 12.1 Å². The summed E-state index contributed by atoms with van der Waals surface area (Å²) in [5, 5.41) is 2.12. The van der Waals surface area contributed by atoms with Gasteiger partial charge in [-0.2, -0.15) is 13.2 Å². The Labute approximate surface area is 190 Å². The van der Waals surface area contributed by atoms with Crippen LogP contribution < -0.4 is 10.9 Å². The van der Waals surface area contributed by atoms with Gasteiger partial charge in [-0.05, 0) is 37.3 Å². The highest BCUT2D eigenvalue weighted by atomic mass is 32.2. The zero-order valence-corrected chi connectivity index (χ0v) is 18.2. The Balaban J connectivity index is 1.48. The van der Waals surface area contributed by atoms with Crippen LogP contribution in [0.2, 0.25) is 0 Å². The first-order valence-corrected chi connectivity index (χ1v) is 11.0. The zero-order chi connectivity index (χ0) is 23.8. The van der Waals surface area contributed by atoms with E-state index in [9.17, 15) is 27.6 Å². The molecule has 0 fully saturated rings. The molecule has 0 spiro atoms. The van der Waals surface area contributed by atoms with Gasteiger partial charge in [0, 0.05) is 17.9 Å². The molecule has 7 nitrogen and oxygen atoms in total. The van der Waals surface area contributed by atoms with Crippen LogP contribution in [-0.4, -0.2) is 38.5 Å². The van der Waals surface area contributed by atoms with Crippen molar-refractivity contribution < 1.29 is 22.8 Å². The maximum Gasteiger partial charge on any atom is 0.416 e. The van der Waals surface area contributed by atoms with Crippen LogP contribution in [0.4, 0.5) is 18.9 Å². The molecule has 11 heteroatoms.